The molecule has 3 aliphatic rings. The van der Waals surface area contributed by atoms with Crippen molar-refractivity contribution in [3.8, 4) is 0 Å². The van der Waals surface area contributed by atoms with Crippen LogP contribution in [0.1, 0.15) is 44.9 Å². The Morgan fingerprint density at radius 1 is 1.07 bits per heavy atom. The maximum absolute atomic E-state index is 12.3. The van der Waals surface area contributed by atoms with Gasteiger partial charge in [-0.1, -0.05) is 12.8 Å². The lowest BCUT2D eigenvalue weighted by atomic mass is 9.97. The van der Waals surface area contributed by atoms with Gasteiger partial charge in [-0.15, -0.1) is 0 Å². The summed E-state index contributed by atoms with van der Waals surface area (Å²) in [5, 5.41) is 15.7. The second-order valence-corrected chi connectivity index (χ2v) is 8.18. The molecule has 0 aromatic carbocycles. The minimum atomic E-state index is -0.391. The summed E-state index contributed by atoms with van der Waals surface area (Å²) in [6.07, 6.45) is 6.27. The number of aliphatic hydroxyl groups is 1. The van der Waals surface area contributed by atoms with E-state index in [1.54, 1.807) is 0 Å². The van der Waals surface area contributed by atoms with Crippen molar-refractivity contribution in [2.24, 2.45) is 5.92 Å². The van der Waals surface area contributed by atoms with Crippen LogP contribution < -0.4 is 10.6 Å². The zero-order valence-corrected chi connectivity index (χ0v) is 16.7. The van der Waals surface area contributed by atoms with E-state index in [4.69, 9.17) is 9.47 Å². The molecule has 2 saturated heterocycles. The number of aliphatic hydroxyl groups excluding tert-OH is 1. The molecule has 0 bridgehead atoms. The fraction of sp³-hybridized carbons (Fsp3) is 0.900. The highest BCUT2D eigenvalue weighted by atomic mass is 16.5. The molecule has 3 rings (SSSR count). The molecule has 1 saturated carbocycles. The lowest BCUT2D eigenvalue weighted by molar-refractivity contribution is -0.131. The third-order valence-electron chi connectivity index (χ3n) is 6.10. The molecular weight excluding hydrogens is 362 g/mol. The number of carbonyl (C=O) groups is 2. The molecule has 0 unspecified atom stereocenters. The molecule has 2 aliphatic heterocycles. The number of carbonyl (C=O) groups excluding carboxylic acids is 2. The van der Waals surface area contributed by atoms with Crippen molar-refractivity contribution in [3.63, 3.8) is 0 Å². The van der Waals surface area contributed by atoms with Gasteiger partial charge < -0.3 is 25.2 Å². The molecular formula is C20H35N3O5. The Hall–Kier alpha value is -1.22. The Bertz CT molecular complexity index is 506. The molecule has 3 fully saturated rings. The number of nitrogens with one attached hydrogen (secondary N) is 2. The summed E-state index contributed by atoms with van der Waals surface area (Å²) in [6, 6.07) is -0.164. The van der Waals surface area contributed by atoms with Crippen LogP contribution in [0, 0.1) is 5.92 Å². The SMILES string of the molecule is O=C(CN1CCOCC1)N[C@@H]1CC[C@@H](CCNC(=O)C2CCCC2)O[C@@H]1CO. The minimum absolute atomic E-state index is 0.00780. The number of nitrogens with zero attached hydrogens (tertiary/aromatic N) is 1. The van der Waals surface area contributed by atoms with E-state index in [0.717, 1.165) is 58.0 Å². The largest absolute Gasteiger partial charge is 0.394 e. The van der Waals surface area contributed by atoms with Crippen LogP contribution in [-0.2, 0) is 19.1 Å². The van der Waals surface area contributed by atoms with Gasteiger partial charge in [0.1, 0.15) is 6.10 Å². The Balaban J connectivity index is 1.35. The van der Waals surface area contributed by atoms with Crippen LogP contribution >= 0.6 is 0 Å². The topological polar surface area (TPSA) is 100 Å². The van der Waals surface area contributed by atoms with Crippen LogP contribution in [0.15, 0.2) is 0 Å². The first-order valence-electron chi connectivity index (χ1n) is 10.8. The second-order valence-electron chi connectivity index (χ2n) is 8.18. The Kier molecular flexibility index (Phi) is 8.51. The maximum Gasteiger partial charge on any atom is 0.234 e. The van der Waals surface area contributed by atoms with Gasteiger partial charge in [-0.05, 0) is 32.1 Å². The summed E-state index contributed by atoms with van der Waals surface area (Å²) in [7, 11) is 0. The molecule has 1 aliphatic carbocycles. The zero-order chi connectivity index (χ0) is 19.8. The average molecular weight is 398 g/mol. The van der Waals surface area contributed by atoms with E-state index in [2.05, 4.69) is 15.5 Å². The Morgan fingerprint density at radius 3 is 2.54 bits per heavy atom. The fourth-order valence-corrected chi connectivity index (χ4v) is 4.41. The normalized spacial score (nSPS) is 29.5. The first-order valence-corrected chi connectivity index (χ1v) is 10.8. The smallest absolute Gasteiger partial charge is 0.234 e. The van der Waals surface area contributed by atoms with Crippen molar-refractivity contribution in [2.45, 2.75) is 63.2 Å². The van der Waals surface area contributed by atoms with Crippen LogP contribution in [0.4, 0.5) is 0 Å². The number of ether oxygens (including phenoxy) is 2. The first-order chi connectivity index (χ1) is 13.7. The molecule has 8 nitrogen and oxygen atoms in total. The minimum Gasteiger partial charge on any atom is -0.394 e. The molecule has 2 heterocycles. The molecule has 3 N–H and O–H groups in total. The van der Waals surface area contributed by atoms with Gasteiger partial charge in [0.2, 0.25) is 11.8 Å². The summed E-state index contributed by atoms with van der Waals surface area (Å²) in [4.78, 5) is 26.5. The zero-order valence-electron chi connectivity index (χ0n) is 16.7. The van der Waals surface area contributed by atoms with E-state index < -0.39 is 6.10 Å². The molecule has 3 atom stereocenters. The van der Waals surface area contributed by atoms with Crippen molar-refractivity contribution in [2.75, 3.05) is 46.0 Å². The van der Waals surface area contributed by atoms with Crippen molar-refractivity contribution < 1.29 is 24.2 Å². The third-order valence-corrected chi connectivity index (χ3v) is 6.10. The molecule has 0 radical (unpaired) electrons. The number of hydrogen-bond acceptors (Lipinski definition) is 6. The van der Waals surface area contributed by atoms with E-state index in [9.17, 15) is 14.7 Å². The van der Waals surface area contributed by atoms with Gasteiger partial charge in [-0.3, -0.25) is 14.5 Å². The van der Waals surface area contributed by atoms with Crippen LogP contribution in [0.5, 0.6) is 0 Å². The summed E-state index contributed by atoms with van der Waals surface area (Å²) < 4.78 is 11.3. The van der Waals surface area contributed by atoms with Crippen LogP contribution in [0.2, 0.25) is 0 Å². The molecule has 0 aromatic rings. The van der Waals surface area contributed by atoms with Crippen LogP contribution in [0.3, 0.4) is 0 Å². The van der Waals surface area contributed by atoms with Gasteiger partial charge in [0, 0.05) is 25.6 Å². The molecule has 8 heteroatoms. The monoisotopic (exact) mass is 397 g/mol. The summed E-state index contributed by atoms with van der Waals surface area (Å²) in [5.41, 5.74) is 0. The predicted molar refractivity (Wildman–Crippen MR) is 104 cm³/mol. The van der Waals surface area contributed by atoms with Gasteiger partial charge in [0.05, 0.1) is 38.5 Å². The lowest BCUT2D eigenvalue weighted by Crippen LogP contribution is -2.53. The van der Waals surface area contributed by atoms with E-state index in [1.165, 1.54) is 0 Å². The summed E-state index contributed by atoms with van der Waals surface area (Å²) in [5.74, 6) is 0.319. The Labute approximate surface area is 167 Å². The number of morpholine rings is 1. The van der Waals surface area contributed by atoms with E-state index >= 15 is 0 Å². The summed E-state index contributed by atoms with van der Waals surface area (Å²) >= 11 is 0. The number of rotatable bonds is 8. The second kappa shape index (κ2) is 11.1. The predicted octanol–water partition coefficient (Wildman–Crippen LogP) is 0.0398. The first kappa shape index (κ1) is 21.5. The van der Waals surface area contributed by atoms with Gasteiger partial charge in [-0.2, -0.15) is 0 Å². The Morgan fingerprint density at radius 2 is 1.82 bits per heavy atom. The average Bonchev–Trinajstić information content (AvgIpc) is 3.24. The number of amides is 2. The van der Waals surface area contributed by atoms with Crippen molar-refractivity contribution >= 4 is 11.8 Å². The third kappa shape index (κ3) is 6.40. The van der Waals surface area contributed by atoms with E-state index in [1.807, 2.05) is 0 Å². The van der Waals surface area contributed by atoms with Gasteiger partial charge >= 0.3 is 0 Å². The van der Waals surface area contributed by atoms with Crippen molar-refractivity contribution in [1.29, 1.82) is 0 Å². The molecule has 2 amide bonds. The molecule has 160 valence electrons. The molecule has 28 heavy (non-hydrogen) atoms. The summed E-state index contributed by atoms with van der Waals surface area (Å²) in [6.45, 7) is 3.71. The van der Waals surface area contributed by atoms with Crippen molar-refractivity contribution in [3.05, 3.63) is 0 Å². The quantitative estimate of drug-likeness (QED) is 0.535. The van der Waals surface area contributed by atoms with Gasteiger partial charge in [0.15, 0.2) is 0 Å². The van der Waals surface area contributed by atoms with Crippen LogP contribution in [0.25, 0.3) is 0 Å². The van der Waals surface area contributed by atoms with E-state index in [0.29, 0.717) is 26.3 Å². The number of hydrogen-bond donors (Lipinski definition) is 3. The lowest BCUT2D eigenvalue weighted by Gasteiger charge is -2.36. The van der Waals surface area contributed by atoms with Crippen molar-refractivity contribution in [1.82, 2.24) is 15.5 Å². The highest BCUT2D eigenvalue weighted by molar-refractivity contribution is 5.79. The van der Waals surface area contributed by atoms with E-state index in [-0.39, 0.29) is 36.5 Å². The highest BCUT2D eigenvalue weighted by Crippen LogP contribution is 2.25. The van der Waals surface area contributed by atoms with Gasteiger partial charge in [-0.25, -0.2) is 0 Å². The maximum atomic E-state index is 12.3. The standard InChI is InChI=1S/C20H35N3O5/c24-14-18-17(22-19(25)13-23-9-11-27-12-10-23)6-5-16(28-18)7-8-21-20(26)15-3-1-2-4-15/h15-18,24H,1-14H2,(H,21,26)(H,22,25)/t16-,17+,18+/m0/s1. The molecule has 0 spiro atoms. The van der Waals surface area contributed by atoms with Gasteiger partial charge in [0.25, 0.3) is 0 Å². The highest BCUT2D eigenvalue weighted by Gasteiger charge is 2.32. The molecule has 0 aromatic heterocycles. The fourth-order valence-electron chi connectivity index (χ4n) is 4.41. The van der Waals surface area contributed by atoms with Crippen LogP contribution in [-0.4, -0.2) is 86.1 Å².